The number of benzene rings is 1. The number of nitrogens with one attached hydrogen (secondary N) is 2. The fourth-order valence-electron chi connectivity index (χ4n) is 2.13. The van der Waals surface area contributed by atoms with Gasteiger partial charge in [0, 0.05) is 19.7 Å². The summed E-state index contributed by atoms with van der Waals surface area (Å²) in [5, 5.41) is 6.54. The number of ether oxygens (including phenoxy) is 2. The Morgan fingerprint density at radius 2 is 1.83 bits per heavy atom. The van der Waals surface area contributed by atoms with Crippen molar-refractivity contribution in [3.63, 3.8) is 0 Å². The topological polar surface area (TPSA) is 54.9 Å². The van der Waals surface area contributed by atoms with Gasteiger partial charge in [0.05, 0.1) is 26.4 Å². The fourth-order valence-corrected chi connectivity index (χ4v) is 2.13. The molecule has 0 aromatic heterocycles. The zero-order valence-electron chi connectivity index (χ0n) is 15.4. The molecule has 136 valence electrons. The monoisotopic (exact) mass is 335 g/mol. The van der Waals surface area contributed by atoms with Crippen LogP contribution in [0.25, 0.3) is 0 Å². The van der Waals surface area contributed by atoms with Crippen molar-refractivity contribution >= 4 is 5.96 Å². The quantitative estimate of drug-likeness (QED) is 0.350. The van der Waals surface area contributed by atoms with Crippen LogP contribution in [-0.2, 0) is 16.0 Å². The van der Waals surface area contributed by atoms with Crippen LogP contribution in [0.15, 0.2) is 29.3 Å². The number of hydrogen-bond acceptors (Lipinski definition) is 3. The molecule has 0 radical (unpaired) electrons. The van der Waals surface area contributed by atoms with Crippen LogP contribution in [0.2, 0.25) is 0 Å². The van der Waals surface area contributed by atoms with Crippen molar-refractivity contribution in [2.45, 2.75) is 40.2 Å². The third kappa shape index (κ3) is 10.2. The number of hydrogen-bond donors (Lipinski definition) is 2. The Kier molecular flexibility index (Phi) is 11.8. The lowest BCUT2D eigenvalue weighted by atomic mass is 10.1. The van der Waals surface area contributed by atoms with E-state index in [0.717, 1.165) is 32.1 Å². The van der Waals surface area contributed by atoms with Crippen LogP contribution >= 0.6 is 0 Å². The average Bonchev–Trinajstić information content (AvgIpc) is 2.58. The second-order valence-corrected chi connectivity index (χ2v) is 5.69. The molecule has 1 rings (SSSR count). The standard InChI is InChI=1S/C19H33N3O2/c1-4-6-11-23-13-14-24-12-10-21-19(20-5-2)22-16-18-9-7-8-17(3)15-18/h7-9,15H,4-6,10-14,16H2,1-3H3,(H2,20,21,22). The maximum atomic E-state index is 5.55. The number of rotatable bonds is 12. The molecule has 0 atom stereocenters. The highest BCUT2D eigenvalue weighted by atomic mass is 16.5. The molecule has 0 bridgehead atoms. The SMILES string of the molecule is CCCCOCCOCCNC(=NCc1cccc(C)c1)NCC. The molecule has 1 aromatic carbocycles. The highest BCUT2D eigenvalue weighted by molar-refractivity contribution is 5.79. The Morgan fingerprint density at radius 3 is 2.54 bits per heavy atom. The second-order valence-electron chi connectivity index (χ2n) is 5.69. The fraction of sp³-hybridized carbons (Fsp3) is 0.632. The summed E-state index contributed by atoms with van der Waals surface area (Å²) in [5.74, 6) is 0.821. The summed E-state index contributed by atoms with van der Waals surface area (Å²) >= 11 is 0. The van der Waals surface area contributed by atoms with E-state index in [9.17, 15) is 0 Å². The Bertz CT molecular complexity index is 464. The summed E-state index contributed by atoms with van der Waals surface area (Å²) in [6.45, 7) is 11.3. The van der Waals surface area contributed by atoms with Gasteiger partial charge in [-0.1, -0.05) is 43.2 Å². The maximum Gasteiger partial charge on any atom is 0.191 e. The Balaban J connectivity index is 2.19. The van der Waals surface area contributed by atoms with Crippen molar-refractivity contribution in [1.29, 1.82) is 0 Å². The summed E-state index contributed by atoms with van der Waals surface area (Å²) in [4.78, 5) is 4.61. The molecule has 1 aromatic rings. The summed E-state index contributed by atoms with van der Waals surface area (Å²) < 4.78 is 11.0. The molecule has 0 aliphatic heterocycles. The number of aliphatic imine (C=N–C) groups is 1. The molecule has 2 N–H and O–H groups in total. The predicted octanol–water partition coefficient (Wildman–Crippen LogP) is 2.88. The molecule has 0 unspecified atom stereocenters. The van der Waals surface area contributed by atoms with Crippen LogP contribution in [0.3, 0.4) is 0 Å². The summed E-state index contributed by atoms with van der Waals surface area (Å²) in [6.07, 6.45) is 2.28. The van der Waals surface area contributed by atoms with Gasteiger partial charge in [0.1, 0.15) is 0 Å². The van der Waals surface area contributed by atoms with E-state index in [4.69, 9.17) is 9.47 Å². The first-order chi connectivity index (χ1) is 11.8. The minimum absolute atomic E-state index is 0.641. The lowest BCUT2D eigenvalue weighted by Crippen LogP contribution is -2.39. The molecule has 0 spiro atoms. The number of guanidine groups is 1. The van der Waals surface area contributed by atoms with Crippen LogP contribution in [-0.4, -0.2) is 45.5 Å². The van der Waals surface area contributed by atoms with E-state index in [1.54, 1.807) is 0 Å². The zero-order chi connectivity index (χ0) is 17.5. The molecule has 0 aliphatic rings. The van der Waals surface area contributed by atoms with Gasteiger partial charge in [-0.2, -0.15) is 0 Å². The van der Waals surface area contributed by atoms with Gasteiger partial charge in [-0.3, -0.25) is 0 Å². The maximum absolute atomic E-state index is 5.55. The lowest BCUT2D eigenvalue weighted by Gasteiger charge is -2.12. The van der Waals surface area contributed by atoms with E-state index in [1.807, 2.05) is 0 Å². The molecule has 0 aliphatic carbocycles. The highest BCUT2D eigenvalue weighted by Crippen LogP contribution is 2.04. The molecule has 0 amide bonds. The van der Waals surface area contributed by atoms with Gasteiger partial charge in [0.2, 0.25) is 0 Å². The van der Waals surface area contributed by atoms with Crippen LogP contribution in [0.4, 0.5) is 0 Å². The molecule has 5 nitrogen and oxygen atoms in total. The van der Waals surface area contributed by atoms with Crippen molar-refractivity contribution < 1.29 is 9.47 Å². The third-order valence-corrected chi connectivity index (χ3v) is 3.40. The minimum atomic E-state index is 0.641. The lowest BCUT2D eigenvalue weighted by molar-refractivity contribution is 0.0487. The predicted molar refractivity (Wildman–Crippen MR) is 101 cm³/mol. The van der Waals surface area contributed by atoms with Gasteiger partial charge < -0.3 is 20.1 Å². The molecular formula is C19H33N3O2. The van der Waals surface area contributed by atoms with Gasteiger partial charge in [-0.05, 0) is 25.8 Å². The first kappa shape index (κ1) is 20.5. The van der Waals surface area contributed by atoms with Gasteiger partial charge in [0.15, 0.2) is 5.96 Å². The van der Waals surface area contributed by atoms with Crippen LogP contribution in [0.1, 0.15) is 37.8 Å². The van der Waals surface area contributed by atoms with Gasteiger partial charge in [-0.25, -0.2) is 4.99 Å². The largest absolute Gasteiger partial charge is 0.379 e. The highest BCUT2D eigenvalue weighted by Gasteiger charge is 1.98. The van der Waals surface area contributed by atoms with Crippen molar-refractivity contribution in [2.24, 2.45) is 4.99 Å². The molecule has 24 heavy (non-hydrogen) atoms. The third-order valence-electron chi connectivity index (χ3n) is 3.40. The van der Waals surface area contributed by atoms with E-state index < -0.39 is 0 Å². The minimum Gasteiger partial charge on any atom is -0.379 e. The molecule has 5 heteroatoms. The summed E-state index contributed by atoms with van der Waals surface area (Å²) in [6, 6.07) is 8.42. The van der Waals surface area contributed by atoms with Crippen molar-refractivity contribution in [1.82, 2.24) is 10.6 Å². The molecule has 0 fully saturated rings. The van der Waals surface area contributed by atoms with Gasteiger partial charge in [-0.15, -0.1) is 0 Å². The summed E-state index contributed by atoms with van der Waals surface area (Å²) in [5.41, 5.74) is 2.47. The average molecular weight is 335 g/mol. The molecule has 0 saturated carbocycles. The Labute approximate surface area is 146 Å². The van der Waals surface area contributed by atoms with E-state index in [2.05, 4.69) is 60.7 Å². The first-order valence-corrected chi connectivity index (χ1v) is 8.99. The molecule has 0 saturated heterocycles. The normalized spacial score (nSPS) is 11.5. The van der Waals surface area contributed by atoms with Crippen molar-refractivity contribution in [2.75, 3.05) is 39.5 Å². The molecular weight excluding hydrogens is 302 g/mol. The smallest absolute Gasteiger partial charge is 0.191 e. The van der Waals surface area contributed by atoms with E-state index >= 15 is 0 Å². The van der Waals surface area contributed by atoms with E-state index in [0.29, 0.717) is 26.4 Å². The second kappa shape index (κ2) is 13.8. The molecule has 0 heterocycles. The number of aryl methyl sites for hydroxylation is 1. The number of unbranched alkanes of at least 4 members (excludes halogenated alkanes) is 1. The Morgan fingerprint density at radius 1 is 1.04 bits per heavy atom. The Hall–Kier alpha value is -1.59. The van der Waals surface area contributed by atoms with E-state index in [1.165, 1.54) is 17.5 Å². The zero-order valence-corrected chi connectivity index (χ0v) is 15.4. The van der Waals surface area contributed by atoms with E-state index in [-0.39, 0.29) is 0 Å². The van der Waals surface area contributed by atoms with Crippen molar-refractivity contribution in [3.8, 4) is 0 Å². The first-order valence-electron chi connectivity index (χ1n) is 8.99. The van der Waals surface area contributed by atoms with Crippen LogP contribution in [0, 0.1) is 6.92 Å². The number of nitrogens with zero attached hydrogens (tertiary/aromatic N) is 1. The van der Waals surface area contributed by atoms with Crippen LogP contribution in [0.5, 0.6) is 0 Å². The van der Waals surface area contributed by atoms with Gasteiger partial charge >= 0.3 is 0 Å². The van der Waals surface area contributed by atoms with Crippen LogP contribution < -0.4 is 10.6 Å². The van der Waals surface area contributed by atoms with Gasteiger partial charge in [0.25, 0.3) is 0 Å². The van der Waals surface area contributed by atoms with Crippen molar-refractivity contribution in [3.05, 3.63) is 35.4 Å². The summed E-state index contributed by atoms with van der Waals surface area (Å²) in [7, 11) is 0.